The second-order valence-corrected chi connectivity index (χ2v) is 7.44. The van der Waals surface area contributed by atoms with E-state index < -0.39 is 11.7 Å². The summed E-state index contributed by atoms with van der Waals surface area (Å²) in [4.78, 5) is 8.34. The van der Waals surface area contributed by atoms with E-state index >= 15 is 0 Å². The molecular weight excluding hydrogens is 376 g/mol. The average molecular weight is 399 g/mol. The lowest BCUT2D eigenvalue weighted by atomic mass is 9.89. The van der Waals surface area contributed by atoms with Gasteiger partial charge < -0.3 is 10.2 Å². The van der Waals surface area contributed by atoms with Crippen LogP contribution in [0.3, 0.4) is 0 Å². The van der Waals surface area contributed by atoms with Gasteiger partial charge in [-0.2, -0.15) is 13.2 Å². The van der Waals surface area contributed by atoms with Crippen molar-refractivity contribution < 1.29 is 13.2 Å². The third kappa shape index (κ3) is 4.90. The van der Waals surface area contributed by atoms with Gasteiger partial charge in [0.25, 0.3) is 0 Å². The lowest BCUT2D eigenvalue weighted by Crippen LogP contribution is -2.50. The molecule has 2 aliphatic rings. The van der Waals surface area contributed by atoms with Crippen molar-refractivity contribution in [1.82, 2.24) is 15.2 Å². The van der Waals surface area contributed by atoms with E-state index in [1.165, 1.54) is 6.42 Å². The Balaban J connectivity index is 0.00000225. The van der Waals surface area contributed by atoms with E-state index in [2.05, 4.69) is 22.1 Å². The van der Waals surface area contributed by atoms with Gasteiger partial charge in [0.1, 0.15) is 5.82 Å². The van der Waals surface area contributed by atoms with Gasteiger partial charge in [-0.3, -0.25) is 4.90 Å². The molecule has 0 radical (unpaired) electrons. The largest absolute Gasteiger partial charge is 0.417 e. The normalized spacial score (nSPS) is 25.1. The van der Waals surface area contributed by atoms with Crippen molar-refractivity contribution in [3.05, 3.63) is 22.8 Å². The Hall–Kier alpha value is -0.760. The van der Waals surface area contributed by atoms with Crippen LogP contribution < -0.4 is 10.2 Å². The van der Waals surface area contributed by atoms with Crippen molar-refractivity contribution in [1.29, 1.82) is 0 Å². The minimum Gasteiger partial charge on any atom is -0.353 e. The molecule has 4 nitrogen and oxygen atoms in total. The predicted molar refractivity (Wildman–Crippen MR) is 95.7 cm³/mol. The molecule has 2 saturated heterocycles. The van der Waals surface area contributed by atoms with Crippen molar-refractivity contribution in [2.24, 2.45) is 5.41 Å². The summed E-state index contributed by atoms with van der Waals surface area (Å²) < 4.78 is 38.1. The van der Waals surface area contributed by atoms with Gasteiger partial charge >= 0.3 is 6.18 Å². The third-order valence-corrected chi connectivity index (χ3v) is 5.16. The van der Waals surface area contributed by atoms with Gasteiger partial charge in [0.2, 0.25) is 0 Å². The second kappa shape index (κ2) is 7.86. The number of piperazine rings is 1. The maximum Gasteiger partial charge on any atom is 0.417 e. The highest BCUT2D eigenvalue weighted by Gasteiger charge is 2.34. The molecule has 0 amide bonds. The van der Waals surface area contributed by atoms with E-state index in [0.717, 1.165) is 58.1 Å². The summed E-state index contributed by atoms with van der Waals surface area (Å²) in [6.45, 7) is 8.64. The molecule has 0 spiro atoms. The SMILES string of the molecule is CC1(CN2CCN(c3ncc(C(F)(F)F)cc3Cl)CC2)CCNC1.Cl. The molecule has 9 heteroatoms. The zero-order chi connectivity index (χ0) is 17.4. The van der Waals surface area contributed by atoms with Crippen LogP contribution in [0.2, 0.25) is 5.02 Å². The number of pyridine rings is 1. The Kier molecular flexibility index (Phi) is 6.46. The summed E-state index contributed by atoms with van der Waals surface area (Å²) in [6, 6.07) is 0.960. The van der Waals surface area contributed by atoms with Gasteiger partial charge in [-0.15, -0.1) is 12.4 Å². The topological polar surface area (TPSA) is 31.4 Å². The number of anilines is 1. The van der Waals surface area contributed by atoms with E-state index in [1.54, 1.807) is 0 Å². The van der Waals surface area contributed by atoms with E-state index in [0.29, 0.717) is 11.2 Å². The molecule has 0 bridgehead atoms. The van der Waals surface area contributed by atoms with E-state index in [1.807, 2.05) is 4.90 Å². The van der Waals surface area contributed by atoms with Gasteiger partial charge in [0.15, 0.2) is 0 Å². The summed E-state index contributed by atoms with van der Waals surface area (Å²) in [5.74, 6) is 0.443. The second-order valence-electron chi connectivity index (χ2n) is 7.03. The molecule has 2 aliphatic heterocycles. The summed E-state index contributed by atoms with van der Waals surface area (Å²) >= 11 is 6.04. The molecule has 142 valence electrons. The predicted octanol–water partition coefficient (Wildman–Crippen LogP) is 3.30. The molecule has 1 aromatic rings. The molecule has 1 aromatic heterocycles. The molecule has 3 rings (SSSR count). The number of hydrogen-bond donors (Lipinski definition) is 1. The van der Waals surface area contributed by atoms with Crippen LogP contribution in [-0.4, -0.2) is 55.7 Å². The van der Waals surface area contributed by atoms with Gasteiger partial charge in [-0.25, -0.2) is 4.98 Å². The van der Waals surface area contributed by atoms with Crippen LogP contribution in [0.4, 0.5) is 19.0 Å². The fourth-order valence-corrected chi connectivity index (χ4v) is 3.77. The summed E-state index contributed by atoms with van der Waals surface area (Å²) in [5.41, 5.74) is -0.497. The zero-order valence-corrected chi connectivity index (χ0v) is 15.6. The van der Waals surface area contributed by atoms with Crippen LogP contribution in [0.25, 0.3) is 0 Å². The standard InChI is InChI=1S/C16H22ClF3N4.ClH/c1-15(2-3-21-10-15)11-23-4-6-24(7-5-23)14-13(17)8-12(9-22-14)16(18,19)20;/h8-9,21H,2-7,10-11H2,1H3;1H. The van der Waals surface area contributed by atoms with Crippen LogP contribution in [0.1, 0.15) is 18.9 Å². The number of halogens is 5. The molecule has 1 unspecified atom stereocenters. The number of alkyl halides is 3. The molecule has 1 atom stereocenters. The quantitative estimate of drug-likeness (QED) is 0.846. The number of aromatic nitrogens is 1. The molecular formula is C16H23Cl2F3N4. The van der Waals surface area contributed by atoms with Crippen LogP contribution in [0.15, 0.2) is 12.3 Å². The smallest absolute Gasteiger partial charge is 0.353 e. The highest BCUT2D eigenvalue weighted by Crippen LogP contribution is 2.34. The fourth-order valence-electron chi connectivity index (χ4n) is 3.48. The molecule has 0 aliphatic carbocycles. The van der Waals surface area contributed by atoms with Crippen LogP contribution in [-0.2, 0) is 6.18 Å². The summed E-state index contributed by atoms with van der Waals surface area (Å²) in [7, 11) is 0. The Morgan fingerprint density at radius 3 is 2.48 bits per heavy atom. The average Bonchev–Trinajstić information content (AvgIpc) is 2.93. The minimum absolute atomic E-state index is 0. The van der Waals surface area contributed by atoms with Gasteiger partial charge in [0.05, 0.1) is 10.6 Å². The lowest BCUT2D eigenvalue weighted by Gasteiger charge is -2.39. The highest BCUT2D eigenvalue weighted by atomic mass is 35.5. The maximum atomic E-state index is 12.7. The first-order chi connectivity index (χ1) is 11.3. The number of hydrogen-bond acceptors (Lipinski definition) is 4. The molecule has 0 aromatic carbocycles. The van der Waals surface area contributed by atoms with Crippen molar-refractivity contribution in [3.63, 3.8) is 0 Å². The maximum absolute atomic E-state index is 12.7. The highest BCUT2D eigenvalue weighted by molar-refractivity contribution is 6.33. The van der Waals surface area contributed by atoms with Crippen molar-refractivity contribution >= 4 is 29.8 Å². The molecule has 2 fully saturated rings. The van der Waals surface area contributed by atoms with Crippen molar-refractivity contribution in [2.75, 3.05) is 50.7 Å². The molecule has 0 saturated carbocycles. The van der Waals surface area contributed by atoms with Gasteiger partial charge in [-0.05, 0) is 24.4 Å². The Morgan fingerprint density at radius 1 is 1.28 bits per heavy atom. The molecule has 25 heavy (non-hydrogen) atoms. The van der Waals surface area contributed by atoms with E-state index in [4.69, 9.17) is 11.6 Å². The lowest BCUT2D eigenvalue weighted by molar-refractivity contribution is -0.137. The first kappa shape index (κ1) is 20.6. The number of rotatable bonds is 3. The monoisotopic (exact) mass is 398 g/mol. The van der Waals surface area contributed by atoms with E-state index in [-0.39, 0.29) is 17.4 Å². The van der Waals surface area contributed by atoms with Gasteiger partial charge in [-0.1, -0.05) is 18.5 Å². The first-order valence-electron chi connectivity index (χ1n) is 8.18. The number of nitrogens with zero attached hydrogens (tertiary/aromatic N) is 3. The van der Waals surface area contributed by atoms with Crippen LogP contribution in [0, 0.1) is 5.41 Å². The zero-order valence-electron chi connectivity index (χ0n) is 14.1. The summed E-state index contributed by atoms with van der Waals surface area (Å²) in [5, 5.41) is 3.47. The minimum atomic E-state index is -4.42. The van der Waals surface area contributed by atoms with Gasteiger partial charge in [0, 0.05) is 45.5 Å². The van der Waals surface area contributed by atoms with Crippen LogP contribution in [0.5, 0.6) is 0 Å². The van der Waals surface area contributed by atoms with Crippen LogP contribution >= 0.6 is 24.0 Å². The number of nitrogens with one attached hydrogen (secondary N) is 1. The molecule has 3 heterocycles. The molecule has 1 N–H and O–H groups in total. The third-order valence-electron chi connectivity index (χ3n) is 4.88. The Labute approximate surface area is 157 Å². The van der Waals surface area contributed by atoms with E-state index in [9.17, 15) is 13.2 Å². The van der Waals surface area contributed by atoms with Crippen molar-refractivity contribution in [3.8, 4) is 0 Å². The first-order valence-corrected chi connectivity index (χ1v) is 8.55. The fraction of sp³-hybridized carbons (Fsp3) is 0.688. The Morgan fingerprint density at radius 2 is 1.96 bits per heavy atom. The Bertz CT molecular complexity index is 583. The van der Waals surface area contributed by atoms with Crippen molar-refractivity contribution in [2.45, 2.75) is 19.5 Å². The summed E-state index contributed by atoms with van der Waals surface area (Å²) in [6.07, 6.45) is -2.38.